The summed E-state index contributed by atoms with van der Waals surface area (Å²) in [7, 11) is 0. The Hall–Kier alpha value is -0.120. The van der Waals surface area contributed by atoms with Gasteiger partial charge in [-0.1, -0.05) is 33.6 Å². The number of hydrogen-bond donors (Lipinski definition) is 1. The van der Waals surface area contributed by atoms with E-state index < -0.39 is 0 Å². The second-order valence-corrected chi connectivity index (χ2v) is 6.76. The van der Waals surface area contributed by atoms with Gasteiger partial charge in [0.05, 0.1) is 13.2 Å². The van der Waals surface area contributed by atoms with Crippen LogP contribution < -0.4 is 5.73 Å². The maximum Gasteiger partial charge on any atom is 0.0624 e. The SMILES string of the molecule is CCC1(CC)CCN(CC2(C)COCC2N)CC1. The Bertz CT molecular complexity index is 268. The van der Waals surface area contributed by atoms with Gasteiger partial charge in [-0.3, -0.25) is 0 Å². The third-order valence-corrected chi connectivity index (χ3v) is 5.63. The van der Waals surface area contributed by atoms with Crippen molar-refractivity contribution >= 4 is 0 Å². The van der Waals surface area contributed by atoms with Gasteiger partial charge in [0.25, 0.3) is 0 Å². The molecule has 3 heteroatoms. The molecule has 2 fully saturated rings. The molecule has 3 nitrogen and oxygen atoms in total. The zero-order valence-corrected chi connectivity index (χ0v) is 12.4. The van der Waals surface area contributed by atoms with Gasteiger partial charge in [-0.25, -0.2) is 0 Å². The molecular weight excluding hydrogens is 224 g/mol. The standard InChI is InChI=1S/C15H30N2O/c1-4-15(5-2)6-8-17(9-7-15)11-14(3)12-18-10-13(14)16/h13H,4-12,16H2,1-3H3. The molecule has 0 spiro atoms. The van der Waals surface area contributed by atoms with Gasteiger partial charge in [0, 0.05) is 18.0 Å². The van der Waals surface area contributed by atoms with E-state index in [2.05, 4.69) is 25.7 Å². The van der Waals surface area contributed by atoms with Crippen LogP contribution in [0.1, 0.15) is 46.5 Å². The molecule has 0 aromatic heterocycles. The summed E-state index contributed by atoms with van der Waals surface area (Å²) in [4.78, 5) is 2.61. The Morgan fingerprint density at radius 2 is 1.83 bits per heavy atom. The van der Waals surface area contributed by atoms with Crippen LogP contribution in [0.2, 0.25) is 0 Å². The molecule has 106 valence electrons. The van der Waals surface area contributed by atoms with E-state index in [1.807, 2.05) is 0 Å². The van der Waals surface area contributed by atoms with Crippen molar-refractivity contribution in [3.05, 3.63) is 0 Å². The Balaban J connectivity index is 1.87. The van der Waals surface area contributed by atoms with Gasteiger partial charge in [-0.05, 0) is 31.3 Å². The molecule has 2 aliphatic heterocycles. The van der Waals surface area contributed by atoms with Crippen molar-refractivity contribution in [1.82, 2.24) is 4.90 Å². The highest BCUT2D eigenvalue weighted by molar-refractivity contribution is 4.94. The monoisotopic (exact) mass is 254 g/mol. The lowest BCUT2D eigenvalue weighted by Crippen LogP contribution is -2.50. The third-order valence-electron chi connectivity index (χ3n) is 5.63. The fraction of sp³-hybridized carbons (Fsp3) is 1.00. The second kappa shape index (κ2) is 5.48. The Morgan fingerprint density at radius 3 is 2.28 bits per heavy atom. The third kappa shape index (κ3) is 2.73. The van der Waals surface area contributed by atoms with Crippen LogP contribution in [0.4, 0.5) is 0 Å². The zero-order valence-electron chi connectivity index (χ0n) is 12.4. The molecular formula is C15H30N2O. The summed E-state index contributed by atoms with van der Waals surface area (Å²) in [5.74, 6) is 0. The minimum atomic E-state index is 0.165. The maximum atomic E-state index is 6.18. The van der Waals surface area contributed by atoms with E-state index in [1.165, 1.54) is 38.8 Å². The van der Waals surface area contributed by atoms with Crippen LogP contribution in [0.5, 0.6) is 0 Å². The molecule has 0 aliphatic carbocycles. The van der Waals surface area contributed by atoms with Crippen molar-refractivity contribution in [3.63, 3.8) is 0 Å². The van der Waals surface area contributed by atoms with Crippen molar-refractivity contribution < 1.29 is 4.74 Å². The summed E-state index contributed by atoms with van der Waals surface area (Å²) in [5, 5.41) is 0. The summed E-state index contributed by atoms with van der Waals surface area (Å²) in [6, 6.07) is 0.210. The predicted molar refractivity (Wildman–Crippen MR) is 75.6 cm³/mol. The van der Waals surface area contributed by atoms with Crippen LogP contribution in [0, 0.1) is 10.8 Å². The minimum Gasteiger partial charge on any atom is -0.379 e. The fourth-order valence-corrected chi connectivity index (χ4v) is 3.54. The number of likely N-dealkylation sites (tertiary alicyclic amines) is 1. The molecule has 2 aliphatic rings. The topological polar surface area (TPSA) is 38.5 Å². The lowest BCUT2D eigenvalue weighted by Gasteiger charge is -2.43. The normalized spacial score (nSPS) is 37.0. The molecule has 0 amide bonds. The molecule has 2 heterocycles. The summed E-state index contributed by atoms with van der Waals surface area (Å²) >= 11 is 0. The summed E-state index contributed by atoms with van der Waals surface area (Å²) in [5.41, 5.74) is 6.97. The maximum absolute atomic E-state index is 6.18. The van der Waals surface area contributed by atoms with Crippen molar-refractivity contribution in [2.24, 2.45) is 16.6 Å². The first kappa shape index (κ1) is 14.3. The highest BCUT2D eigenvalue weighted by Gasteiger charge is 2.40. The molecule has 2 rings (SSSR count). The van der Waals surface area contributed by atoms with Crippen LogP contribution in [-0.2, 0) is 4.74 Å². The van der Waals surface area contributed by atoms with Crippen LogP contribution in [-0.4, -0.2) is 43.8 Å². The van der Waals surface area contributed by atoms with Crippen molar-refractivity contribution in [1.29, 1.82) is 0 Å². The largest absolute Gasteiger partial charge is 0.379 e. The molecule has 2 unspecified atom stereocenters. The molecule has 2 N–H and O–H groups in total. The zero-order chi connectivity index (χ0) is 13.2. The average Bonchev–Trinajstić information content (AvgIpc) is 2.71. The van der Waals surface area contributed by atoms with Crippen LogP contribution in [0.25, 0.3) is 0 Å². The molecule has 2 saturated heterocycles. The van der Waals surface area contributed by atoms with E-state index in [-0.39, 0.29) is 11.5 Å². The Morgan fingerprint density at radius 1 is 1.22 bits per heavy atom. The fourth-order valence-electron chi connectivity index (χ4n) is 3.54. The lowest BCUT2D eigenvalue weighted by molar-refractivity contribution is 0.0559. The van der Waals surface area contributed by atoms with Gasteiger partial charge in [0.1, 0.15) is 0 Å². The quantitative estimate of drug-likeness (QED) is 0.836. The first-order chi connectivity index (χ1) is 8.53. The highest BCUT2D eigenvalue weighted by Crippen LogP contribution is 2.39. The van der Waals surface area contributed by atoms with Gasteiger partial charge >= 0.3 is 0 Å². The molecule has 0 saturated carbocycles. The number of rotatable bonds is 4. The second-order valence-electron chi connectivity index (χ2n) is 6.76. The van der Waals surface area contributed by atoms with Gasteiger partial charge < -0.3 is 15.4 Å². The lowest BCUT2D eigenvalue weighted by atomic mass is 9.73. The molecule has 0 bridgehead atoms. The van der Waals surface area contributed by atoms with Gasteiger partial charge in [0.15, 0.2) is 0 Å². The molecule has 18 heavy (non-hydrogen) atoms. The predicted octanol–water partition coefficient (Wildman–Crippen LogP) is 2.25. The van der Waals surface area contributed by atoms with Crippen LogP contribution in [0.3, 0.4) is 0 Å². The number of ether oxygens (including phenoxy) is 1. The highest BCUT2D eigenvalue weighted by atomic mass is 16.5. The Labute approximate surface area is 112 Å². The molecule has 0 aromatic carbocycles. The van der Waals surface area contributed by atoms with E-state index >= 15 is 0 Å². The van der Waals surface area contributed by atoms with Crippen LogP contribution >= 0.6 is 0 Å². The van der Waals surface area contributed by atoms with E-state index in [4.69, 9.17) is 10.5 Å². The number of hydrogen-bond acceptors (Lipinski definition) is 3. The number of piperidine rings is 1. The number of nitrogens with two attached hydrogens (primary N) is 1. The van der Waals surface area contributed by atoms with E-state index in [9.17, 15) is 0 Å². The van der Waals surface area contributed by atoms with Gasteiger partial charge in [-0.15, -0.1) is 0 Å². The van der Waals surface area contributed by atoms with Crippen molar-refractivity contribution in [2.75, 3.05) is 32.8 Å². The molecule has 0 aromatic rings. The summed E-state index contributed by atoms with van der Waals surface area (Å²) in [6.07, 6.45) is 5.37. The summed E-state index contributed by atoms with van der Waals surface area (Å²) in [6.45, 7) is 12.1. The molecule has 2 atom stereocenters. The van der Waals surface area contributed by atoms with Crippen molar-refractivity contribution in [3.8, 4) is 0 Å². The van der Waals surface area contributed by atoms with E-state index in [0.29, 0.717) is 5.41 Å². The summed E-state index contributed by atoms with van der Waals surface area (Å²) < 4.78 is 5.55. The first-order valence-corrected chi connectivity index (χ1v) is 7.59. The first-order valence-electron chi connectivity index (χ1n) is 7.59. The van der Waals surface area contributed by atoms with Crippen LogP contribution in [0.15, 0.2) is 0 Å². The van der Waals surface area contributed by atoms with E-state index in [0.717, 1.165) is 19.8 Å². The minimum absolute atomic E-state index is 0.165. The average molecular weight is 254 g/mol. The Kier molecular flexibility index (Phi) is 4.35. The van der Waals surface area contributed by atoms with Gasteiger partial charge in [0.2, 0.25) is 0 Å². The van der Waals surface area contributed by atoms with Gasteiger partial charge in [-0.2, -0.15) is 0 Å². The van der Waals surface area contributed by atoms with E-state index in [1.54, 1.807) is 0 Å². The smallest absolute Gasteiger partial charge is 0.0624 e. The van der Waals surface area contributed by atoms with Crippen molar-refractivity contribution in [2.45, 2.75) is 52.5 Å². The number of nitrogens with zero attached hydrogens (tertiary/aromatic N) is 1. The molecule has 0 radical (unpaired) electrons.